The first kappa shape index (κ1) is 14.9. The number of carbonyl (C=O) groups excluding carboxylic acids is 1. The van der Waals surface area contributed by atoms with Gasteiger partial charge in [-0.05, 0) is 42.5 Å². The first-order valence-corrected chi connectivity index (χ1v) is 7.58. The van der Waals surface area contributed by atoms with Crippen molar-refractivity contribution < 1.29 is 13.9 Å². The number of ether oxygens (including phenoxy) is 1. The summed E-state index contributed by atoms with van der Waals surface area (Å²) < 4.78 is 11.5. The molecule has 0 fully saturated rings. The van der Waals surface area contributed by atoms with Gasteiger partial charge in [0, 0.05) is 15.5 Å². The van der Waals surface area contributed by atoms with Gasteiger partial charge in [0.25, 0.3) is 5.91 Å². The Bertz CT molecular complexity index is 860. The number of rotatable bonds is 3. The molecule has 6 heteroatoms. The van der Waals surface area contributed by atoms with Crippen LogP contribution in [0.15, 0.2) is 51.4 Å². The van der Waals surface area contributed by atoms with Gasteiger partial charge in [-0.25, -0.2) is 0 Å². The van der Waals surface area contributed by atoms with Crippen molar-refractivity contribution in [3.05, 3.63) is 57.7 Å². The highest BCUT2D eigenvalue weighted by molar-refractivity contribution is 9.10. The second-order valence-electron chi connectivity index (χ2n) is 4.60. The fourth-order valence-electron chi connectivity index (χ4n) is 2.05. The second kappa shape index (κ2) is 6.02. The number of hydrogen-bond acceptors (Lipinski definition) is 3. The van der Waals surface area contributed by atoms with Gasteiger partial charge in [-0.15, -0.1) is 0 Å². The summed E-state index contributed by atoms with van der Waals surface area (Å²) in [6.07, 6.45) is 0. The standard InChI is InChI=1S/C16H11BrClNO3/c1-21-13-5-4-11(8-12(13)18)19-16(20)15-6-9-2-3-10(17)7-14(9)22-15/h2-8H,1H3,(H,19,20). The maximum absolute atomic E-state index is 12.2. The zero-order valence-corrected chi connectivity index (χ0v) is 13.9. The molecule has 0 bridgehead atoms. The van der Waals surface area contributed by atoms with Crippen LogP contribution in [0, 0.1) is 0 Å². The Hall–Kier alpha value is -1.98. The molecular weight excluding hydrogens is 370 g/mol. The van der Waals surface area contributed by atoms with Crippen molar-refractivity contribution in [2.45, 2.75) is 0 Å². The molecule has 2 aromatic carbocycles. The monoisotopic (exact) mass is 379 g/mol. The van der Waals surface area contributed by atoms with E-state index in [0.717, 1.165) is 9.86 Å². The lowest BCUT2D eigenvalue weighted by atomic mass is 10.2. The van der Waals surface area contributed by atoms with E-state index in [0.29, 0.717) is 22.0 Å². The van der Waals surface area contributed by atoms with Gasteiger partial charge in [0.1, 0.15) is 11.3 Å². The molecule has 1 aromatic heterocycles. The van der Waals surface area contributed by atoms with Crippen molar-refractivity contribution in [3.8, 4) is 5.75 Å². The maximum atomic E-state index is 12.2. The third kappa shape index (κ3) is 2.96. The molecule has 0 unspecified atom stereocenters. The minimum atomic E-state index is -0.339. The molecular formula is C16H11BrClNO3. The summed E-state index contributed by atoms with van der Waals surface area (Å²) in [6, 6.07) is 12.3. The number of carbonyl (C=O) groups is 1. The molecule has 1 heterocycles. The van der Waals surface area contributed by atoms with Gasteiger partial charge in [0.05, 0.1) is 12.1 Å². The molecule has 4 nitrogen and oxygen atoms in total. The van der Waals surface area contributed by atoms with E-state index >= 15 is 0 Å². The number of nitrogens with one attached hydrogen (secondary N) is 1. The third-order valence-corrected chi connectivity index (χ3v) is 3.90. The van der Waals surface area contributed by atoms with E-state index in [1.165, 1.54) is 7.11 Å². The number of furan rings is 1. The normalized spacial score (nSPS) is 10.7. The van der Waals surface area contributed by atoms with Gasteiger partial charge >= 0.3 is 0 Å². The first-order chi connectivity index (χ1) is 10.6. The number of benzene rings is 2. The van der Waals surface area contributed by atoms with Gasteiger partial charge < -0.3 is 14.5 Å². The molecule has 0 aliphatic rings. The van der Waals surface area contributed by atoms with Gasteiger partial charge in [-0.3, -0.25) is 4.79 Å². The Balaban J connectivity index is 1.85. The van der Waals surface area contributed by atoms with Gasteiger partial charge in [0.15, 0.2) is 5.76 Å². The summed E-state index contributed by atoms with van der Waals surface area (Å²) in [4.78, 5) is 12.2. The van der Waals surface area contributed by atoms with E-state index in [9.17, 15) is 4.79 Å². The highest BCUT2D eigenvalue weighted by Crippen LogP contribution is 2.28. The van der Waals surface area contributed by atoms with Crippen LogP contribution in [0.1, 0.15) is 10.6 Å². The number of methoxy groups -OCH3 is 1. The molecule has 0 radical (unpaired) electrons. The predicted molar refractivity (Wildman–Crippen MR) is 89.9 cm³/mol. The van der Waals surface area contributed by atoms with Crippen molar-refractivity contribution in [2.24, 2.45) is 0 Å². The van der Waals surface area contributed by atoms with Crippen molar-refractivity contribution >= 4 is 50.1 Å². The highest BCUT2D eigenvalue weighted by atomic mass is 79.9. The third-order valence-electron chi connectivity index (χ3n) is 3.12. The fourth-order valence-corrected chi connectivity index (χ4v) is 2.65. The summed E-state index contributed by atoms with van der Waals surface area (Å²) in [5, 5.41) is 4.03. The van der Waals surface area contributed by atoms with Gasteiger partial charge in [0.2, 0.25) is 0 Å². The van der Waals surface area contributed by atoms with Crippen molar-refractivity contribution in [1.29, 1.82) is 0 Å². The highest BCUT2D eigenvalue weighted by Gasteiger charge is 2.13. The Labute approximate surface area is 140 Å². The van der Waals surface area contributed by atoms with Crippen LogP contribution in [0.4, 0.5) is 5.69 Å². The van der Waals surface area contributed by atoms with Crippen molar-refractivity contribution in [1.82, 2.24) is 0 Å². The largest absolute Gasteiger partial charge is 0.495 e. The Morgan fingerprint density at radius 1 is 1.23 bits per heavy atom. The van der Waals surface area contributed by atoms with Crippen LogP contribution in [0.3, 0.4) is 0 Å². The predicted octanol–water partition coefficient (Wildman–Crippen LogP) is 5.11. The van der Waals surface area contributed by atoms with E-state index in [4.69, 9.17) is 20.8 Å². The summed E-state index contributed by atoms with van der Waals surface area (Å²) in [5.74, 6) is 0.446. The van der Waals surface area contributed by atoms with Crippen LogP contribution >= 0.6 is 27.5 Å². The van der Waals surface area contributed by atoms with Gasteiger partial charge in [-0.2, -0.15) is 0 Å². The molecule has 0 aliphatic carbocycles. The van der Waals surface area contributed by atoms with Crippen LogP contribution in [-0.2, 0) is 0 Å². The van der Waals surface area contributed by atoms with Crippen molar-refractivity contribution in [2.75, 3.05) is 12.4 Å². The molecule has 0 atom stereocenters. The fraction of sp³-hybridized carbons (Fsp3) is 0.0625. The molecule has 1 N–H and O–H groups in total. The lowest BCUT2D eigenvalue weighted by Gasteiger charge is -2.06. The Morgan fingerprint density at radius 2 is 2.05 bits per heavy atom. The lowest BCUT2D eigenvalue weighted by molar-refractivity contribution is 0.0998. The van der Waals surface area contributed by atoms with E-state index in [-0.39, 0.29) is 11.7 Å². The summed E-state index contributed by atoms with van der Waals surface area (Å²) in [5.41, 5.74) is 1.21. The number of halogens is 2. The Morgan fingerprint density at radius 3 is 2.77 bits per heavy atom. The molecule has 0 saturated carbocycles. The second-order valence-corrected chi connectivity index (χ2v) is 5.92. The topological polar surface area (TPSA) is 51.5 Å². The number of anilines is 1. The first-order valence-electron chi connectivity index (χ1n) is 6.41. The molecule has 0 spiro atoms. The summed E-state index contributed by atoms with van der Waals surface area (Å²) in [7, 11) is 1.53. The number of amides is 1. The molecule has 3 aromatic rings. The molecule has 1 amide bonds. The number of hydrogen-bond donors (Lipinski definition) is 1. The van der Waals surface area contributed by atoms with Crippen LogP contribution in [0.5, 0.6) is 5.75 Å². The average Bonchev–Trinajstić information content (AvgIpc) is 2.90. The maximum Gasteiger partial charge on any atom is 0.291 e. The van der Waals surface area contributed by atoms with E-state index in [1.54, 1.807) is 24.3 Å². The molecule has 22 heavy (non-hydrogen) atoms. The van der Waals surface area contributed by atoms with Crippen LogP contribution in [-0.4, -0.2) is 13.0 Å². The molecule has 3 rings (SSSR count). The minimum Gasteiger partial charge on any atom is -0.495 e. The molecule has 112 valence electrons. The SMILES string of the molecule is COc1ccc(NC(=O)c2cc3ccc(Br)cc3o2)cc1Cl. The van der Waals surface area contributed by atoms with E-state index in [1.807, 2.05) is 18.2 Å². The molecule has 0 saturated heterocycles. The quantitative estimate of drug-likeness (QED) is 0.687. The van der Waals surface area contributed by atoms with Crippen LogP contribution < -0.4 is 10.1 Å². The minimum absolute atomic E-state index is 0.236. The lowest BCUT2D eigenvalue weighted by Crippen LogP contribution is -2.10. The van der Waals surface area contributed by atoms with Crippen LogP contribution in [0.2, 0.25) is 5.02 Å². The van der Waals surface area contributed by atoms with Gasteiger partial charge in [-0.1, -0.05) is 27.5 Å². The van der Waals surface area contributed by atoms with Crippen LogP contribution in [0.25, 0.3) is 11.0 Å². The zero-order chi connectivity index (χ0) is 15.7. The van der Waals surface area contributed by atoms with Crippen molar-refractivity contribution in [3.63, 3.8) is 0 Å². The smallest absolute Gasteiger partial charge is 0.291 e. The van der Waals surface area contributed by atoms with E-state index < -0.39 is 0 Å². The summed E-state index contributed by atoms with van der Waals surface area (Å²) in [6.45, 7) is 0. The number of fused-ring (bicyclic) bond motifs is 1. The average molecular weight is 381 g/mol. The Kier molecular flexibility index (Phi) is 4.09. The molecule has 0 aliphatic heterocycles. The summed E-state index contributed by atoms with van der Waals surface area (Å²) >= 11 is 9.40. The zero-order valence-electron chi connectivity index (χ0n) is 11.5. The van der Waals surface area contributed by atoms with E-state index in [2.05, 4.69) is 21.2 Å².